The highest BCUT2D eigenvalue weighted by Gasteiger charge is 2.26. The van der Waals surface area contributed by atoms with Crippen LogP contribution in [0.2, 0.25) is 0 Å². The molecule has 1 amide bonds. The van der Waals surface area contributed by atoms with Crippen LogP contribution in [0.3, 0.4) is 0 Å². The summed E-state index contributed by atoms with van der Waals surface area (Å²) >= 11 is 0. The lowest BCUT2D eigenvalue weighted by Gasteiger charge is -2.19. The monoisotopic (exact) mass is 265 g/mol. The van der Waals surface area contributed by atoms with Crippen molar-refractivity contribution < 1.29 is 13.2 Å². The Hall–Kier alpha value is -0.660. The Bertz CT molecular complexity index is 337. The third-order valence-corrected chi connectivity index (χ3v) is 4.41. The quantitative estimate of drug-likeness (QED) is 0.580. The van der Waals surface area contributed by atoms with Crippen LogP contribution < -0.4 is 15.8 Å². The van der Waals surface area contributed by atoms with E-state index in [0.29, 0.717) is 6.42 Å². The van der Waals surface area contributed by atoms with Gasteiger partial charge in [0.2, 0.25) is 15.9 Å². The standard InChI is InChI=1S/C10H23N3O3S/c1-5-9(6-11)17(15,16)13-8(4)10(14)12-7(2)3/h7-9,13H,5-6,11H2,1-4H3,(H,12,14). The first-order chi connectivity index (χ1) is 7.74. The first-order valence-electron chi connectivity index (χ1n) is 5.76. The van der Waals surface area contributed by atoms with Gasteiger partial charge in [-0.3, -0.25) is 4.79 Å². The number of carbonyl (C=O) groups excluding carboxylic acids is 1. The van der Waals surface area contributed by atoms with Gasteiger partial charge in [0.05, 0.1) is 11.3 Å². The fraction of sp³-hybridized carbons (Fsp3) is 0.900. The Kier molecular flexibility index (Phi) is 6.66. The van der Waals surface area contributed by atoms with Crippen molar-refractivity contribution in [2.24, 2.45) is 5.73 Å². The van der Waals surface area contributed by atoms with Crippen molar-refractivity contribution in [2.45, 2.75) is 51.4 Å². The second-order valence-corrected chi connectivity index (χ2v) is 6.31. The smallest absolute Gasteiger partial charge is 0.238 e. The number of sulfonamides is 1. The normalized spacial score (nSPS) is 15.6. The van der Waals surface area contributed by atoms with E-state index < -0.39 is 21.3 Å². The zero-order valence-electron chi connectivity index (χ0n) is 10.9. The molecule has 0 aromatic rings. The lowest BCUT2D eigenvalue weighted by molar-refractivity contribution is -0.122. The Morgan fingerprint density at radius 2 is 1.82 bits per heavy atom. The molecule has 2 unspecified atom stereocenters. The lowest BCUT2D eigenvalue weighted by Crippen LogP contribution is -2.50. The van der Waals surface area contributed by atoms with Crippen LogP contribution in [0.4, 0.5) is 0 Å². The molecule has 0 spiro atoms. The van der Waals surface area contributed by atoms with Gasteiger partial charge in [-0.25, -0.2) is 13.1 Å². The molecule has 0 aliphatic carbocycles. The number of hydrogen-bond acceptors (Lipinski definition) is 4. The summed E-state index contributed by atoms with van der Waals surface area (Å²) in [6.45, 7) is 6.93. The molecule has 0 radical (unpaired) electrons. The Morgan fingerprint density at radius 1 is 1.29 bits per heavy atom. The van der Waals surface area contributed by atoms with Gasteiger partial charge in [0.1, 0.15) is 0 Å². The van der Waals surface area contributed by atoms with Crippen molar-refractivity contribution in [1.82, 2.24) is 10.0 Å². The van der Waals surface area contributed by atoms with Crippen LogP contribution in [0.15, 0.2) is 0 Å². The van der Waals surface area contributed by atoms with Gasteiger partial charge in [0.15, 0.2) is 0 Å². The summed E-state index contributed by atoms with van der Waals surface area (Å²) in [5.41, 5.74) is 5.38. The average Bonchev–Trinajstić information content (AvgIpc) is 2.16. The topological polar surface area (TPSA) is 101 Å². The van der Waals surface area contributed by atoms with Crippen LogP contribution in [0, 0.1) is 0 Å². The fourth-order valence-corrected chi connectivity index (χ4v) is 2.80. The first-order valence-corrected chi connectivity index (χ1v) is 7.30. The number of nitrogens with one attached hydrogen (secondary N) is 2. The molecule has 0 saturated carbocycles. The summed E-state index contributed by atoms with van der Waals surface area (Å²) in [6.07, 6.45) is 0.421. The fourth-order valence-electron chi connectivity index (χ4n) is 1.32. The zero-order valence-corrected chi connectivity index (χ0v) is 11.7. The maximum absolute atomic E-state index is 11.8. The summed E-state index contributed by atoms with van der Waals surface area (Å²) in [6, 6.07) is -0.811. The van der Waals surface area contributed by atoms with Crippen LogP contribution in [0.5, 0.6) is 0 Å². The molecule has 6 nitrogen and oxygen atoms in total. The number of carbonyl (C=O) groups is 1. The van der Waals surface area contributed by atoms with Crippen LogP contribution in [0.1, 0.15) is 34.1 Å². The van der Waals surface area contributed by atoms with Crippen LogP contribution >= 0.6 is 0 Å². The van der Waals surface area contributed by atoms with E-state index >= 15 is 0 Å². The van der Waals surface area contributed by atoms with Crippen molar-refractivity contribution in [2.75, 3.05) is 6.54 Å². The average molecular weight is 265 g/mol. The van der Waals surface area contributed by atoms with E-state index in [0.717, 1.165) is 0 Å². The van der Waals surface area contributed by atoms with Gasteiger partial charge in [-0.15, -0.1) is 0 Å². The molecule has 0 aromatic carbocycles. The van der Waals surface area contributed by atoms with E-state index in [1.165, 1.54) is 6.92 Å². The third-order valence-electron chi connectivity index (χ3n) is 2.32. The minimum atomic E-state index is -3.54. The zero-order chi connectivity index (χ0) is 13.6. The molecule has 0 aliphatic rings. The predicted octanol–water partition coefficient (Wildman–Crippen LogP) is -0.444. The summed E-state index contributed by atoms with van der Waals surface area (Å²) in [5.74, 6) is -0.338. The van der Waals surface area contributed by atoms with Crippen LogP contribution in [-0.4, -0.2) is 38.2 Å². The van der Waals surface area contributed by atoms with Gasteiger partial charge in [0, 0.05) is 12.6 Å². The predicted molar refractivity (Wildman–Crippen MR) is 67.9 cm³/mol. The van der Waals surface area contributed by atoms with E-state index in [1.54, 1.807) is 6.92 Å². The van der Waals surface area contributed by atoms with E-state index in [4.69, 9.17) is 5.73 Å². The van der Waals surface area contributed by atoms with E-state index in [1.807, 2.05) is 13.8 Å². The van der Waals surface area contributed by atoms with Gasteiger partial charge < -0.3 is 11.1 Å². The maximum Gasteiger partial charge on any atom is 0.238 e. The molecule has 0 saturated heterocycles. The second kappa shape index (κ2) is 6.93. The largest absolute Gasteiger partial charge is 0.353 e. The van der Waals surface area contributed by atoms with Crippen molar-refractivity contribution in [3.63, 3.8) is 0 Å². The molecule has 7 heteroatoms. The van der Waals surface area contributed by atoms with Crippen molar-refractivity contribution in [3.05, 3.63) is 0 Å². The number of amides is 1. The summed E-state index contributed by atoms with van der Waals surface area (Å²) < 4.78 is 26.0. The summed E-state index contributed by atoms with van der Waals surface area (Å²) in [7, 11) is -3.54. The molecular weight excluding hydrogens is 242 g/mol. The van der Waals surface area contributed by atoms with Gasteiger partial charge >= 0.3 is 0 Å². The summed E-state index contributed by atoms with van der Waals surface area (Å²) in [4.78, 5) is 11.6. The third kappa shape index (κ3) is 5.47. The maximum atomic E-state index is 11.8. The Morgan fingerprint density at radius 3 is 2.18 bits per heavy atom. The molecule has 2 atom stereocenters. The molecule has 17 heavy (non-hydrogen) atoms. The van der Waals surface area contributed by atoms with Crippen molar-refractivity contribution in [3.8, 4) is 0 Å². The molecule has 0 aromatic heterocycles. The van der Waals surface area contributed by atoms with Crippen LogP contribution in [0.25, 0.3) is 0 Å². The minimum absolute atomic E-state index is 0.0223. The highest BCUT2D eigenvalue weighted by molar-refractivity contribution is 7.90. The van der Waals surface area contributed by atoms with E-state index in [2.05, 4.69) is 10.0 Å². The highest BCUT2D eigenvalue weighted by Crippen LogP contribution is 2.03. The van der Waals surface area contributed by atoms with Gasteiger partial charge in [-0.2, -0.15) is 0 Å². The van der Waals surface area contributed by atoms with E-state index in [-0.39, 0.29) is 18.5 Å². The minimum Gasteiger partial charge on any atom is -0.353 e. The Balaban J connectivity index is 4.56. The molecule has 102 valence electrons. The van der Waals surface area contributed by atoms with Gasteiger partial charge in [-0.05, 0) is 27.2 Å². The molecule has 0 aliphatic heterocycles. The van der Waals surface area contributed by atoms with Gasteiger partial charge in [0.25, 0.3) is 0 Å². The molecule has 0 bridgehead atoms. The molecular formula is C10H23N3O3S. The molecule has 0 rings (SSSR count). The first kappa shape index (κ1) is 16.3. The van der Waals surface area contributed by atoms with Crippen LogP contribution in [-0.2, 0) is 14.8 Å². The summed E-state index contributed by atoms with van der Waals surface area (Å²) in [5, 5.41) is 1.99. The number of nitrogens with two attached hydrogens (primary N) is 1. The van der Waals surface area contributed by atoms with Crippen molar-refractivity contribution >= 4 is 15.9 Å². The molecule has 4 N–H and O–H groups in total. The Labute approximate surface area is 103 Å². The molecule has 0 fully saturated rings. The number of rotatable bonds is 7. The second-order valence-electron chi connectivity index (χ2n) is 4.31. The molecule has 0 heterocycles. The van der Waals surface area contributed by atoms with Gasteiger partial charge in [-0.1, -0.05) is 6.92 Å². The SMILES string of the molecule is CCC(CN)S(=O)(=O)NC(C)C(=O)NC(C)C. The van der Waals surface area contributed by atoms with E-state index in [9.17, 15) is 13.2 Å². The highest BCUT2D eigenvalue weighted by atomic mass is 32.2. The lowest BCUT2D eigenvalue weighted by atomic mass is 10.3. The van der Waals surface area contributed by atoms with Crippen molar-refractivity contribution in [1.29, 1.82) is 0 Å². The number of hydrogen-bond donors (Lipinski definition) is 3.